The molecule has 0 saturated heterocycles. The van der Waals surface area contributed by atoms with Crippen molar-refractivity contribution in [2.45, 2.75) is 32.7 Å². The second-order valence-corrected chi connectivity index (χ2v) is 5.39. The van der Waals surface area contributed by atoms with E-state index in [1.54, 1.807) is 7.11 Å². The molecule has 0 aliphatic heterocycles. The SMILES string of the molecule is CCCCOCCNC(C)c1ccc(OC)c(Br)c1. The molecule has 0 amide bonds. The molecule has 0 heterocycles. The normalized spacial score (nSPS) is 12.4. The standard InChI is InChI=1S/C15H24BrNO2/c1-4-5-9-19-10-8-17-12(2)13-6-7-15(18-3)14(16)11-13/h6-7,11-12,17H,4-5,8-10H2,1-3H3. The minimum Gasteiger partial charge on any atom is -0.496 e. The summed E-state index contributed by atoms with van der Waals surface area (Å²) in [4.78, 5) is 0. The number of nitrogens with one attached hydrogen (secondary N) is 1. The van der Waals surface area contributed by atoms with Crippen LogP contribution in [0.3, 0.4) is 0 Å². The summed E-state index contributed by atoms with van der Waals surface area (Å²) >= 11 is 3.51. The molecule has 0 aromatic heterocycles. The molecule has 0 radical (unpaired) electrons. The van der Waals surface area contributed by atoms with E-state index in [1.165, 1.54) is 12.0 Å². The zero-order valence-corrected chi connectivity index (χ0v) is 13.6. The number of hydrogen-bond acceptors (Lipinski definition) is 3. The molecule has 1 atom stereocenters. The van der Waals surface area contributed by atoms with Gasteiger partial charge in [0.1, 0.15) is 5.75 Å². The molecule has 1 unspecified atom stereocenters. The highest BCUT2D eigenvalue weighted by molar-refractivity contribution is 9.10. The van der Waals surface area contributed by atoms with Gasteiger partial charge in [-0.2, -0.15) is 0 Å². The fourth-order valence-corrected chi connectivity index (χ4v) is 2.32. The molecule has 1 rings (SSSR count). The topological polar surface area (TPSA) is 30.5 Å². The van der Waals surface area contributed by atoms with Gasteiger partial charge in [-0.05, 0) is 47.0 Å². The van der Waals surface area contributed by atoms with Crippen LogP contribution in [0.15, 0.2) is 22.7 Å². The van der Waals surface area contributed by atoms with E-state index >= 15 is 0 Å². The molecular formula is C15H24BrNO2. The summed E-state index contributed by atoms with van der Waals surface area (Å²) in [6.07, 6.45) is 2.32. The highest BCUT2D eigenvalue weighted by Gasteiger charge is 2.07. The molecule has 0 bridgehead atoms. The number of unbranched alkanes of at least 4 members (excludes halogenated alkanes) is 1. The lowest BCUT2D eigenvalue weighted by molar-refractivity contribution is 0.131. The largest absolute Gasteiger partial charge is 0.496 e. The molecule has 0 saturated carbocycles. The Bertz CT molecular complexity index is 371. The summed E-state index contributed by atoms with van der Waals surface area (Å²) in [5, 5.41) is 3.45. The minimum absolute atomic E-state index is 0.303. The predicted molar refractivity (Wildman–Crippen MR) is 82.8 cm³/mol. The van der Waals surface area contributed by atoms with Crippen LogP contribution < -0.4 is 10.1 Å². The summed E-state index contributed by atoms with van der Waals surface area (Å²) < 4.78 is 11.7. The number of hydrogen-bond donors (Lipinski definition) is 1. The van der Waals surface area contributed by atoms with E-state index < -0.39 is 0 Å². The number of halogens is 1. The molecule has 1 N–H and O–H groups in total. The van der Waals surface area contributed by atoms with Crippen LogP contribution in [0.1, 0.15) is 38.3 Å². The molecule has 3 nitrogen and oxygen atoms in total. The molecule has 108 valence electrons. The number of rotatable bonds is 9. The van der Waals surface area contributed by atoms with E-state index in [9.17, 15) is 0 Å². The lowest BCUT2D eigenvalue weighted by Crippen LogP contribution is -2.23. The Morgan fingerprint density at radius 3 is 2.74 bits per heavy atom. The molecule has 0 aliphatic rings. The maximum atomic E-state index is 5.53. The Morgan fingerprint density at radius 2 is 2.11 bits per heavy atom. The van der Waals surface area contributed by atoms with Crippen LogP contribution >= 0.6 is 15.9 Å². The smallest absolute Gasteiger partial charge is 0.133 e. The Kier molecular flexibility index (Phi) is 8.10. The van der Waals surface area contributed by atoms with Crippen molar-refractivity contribution in [3.63, 3.8) is 0 Å². The predicted octanol–water partition coefficient (Wildman–Crippen LogP) is 3.93. The van der Waals surface area contributed by atoms with Gasteiger partial charge in [-0.15, -0.1) is 0 Å². The summed E-state index contributed by atoms with van der Waals surface area (Å²) in [6, 6.07) is 6.46. The quantitative estimate of drug-likeness (QED) is 0.696. The molecule has 1 aromatic carbocycles. The average Bonchev–Trinajstić information content (AvgIpc) is 2.42. The van der Waals surface area contributed by atoms with Crippen LogP contribution in [0.2, 0.25) is 0 Å². The van der Waals surface area contributed by atoms with Gasteiger partial charge in [0.25, 0.3) is 0 Å². The van der Waals surface area contributed by atoms with Crippen molar-refractivity contribution in [1.29, 1.82) is 0 Å². The van der Waals surface area contributed by atoms with Crippen molar-refractivity contribution in [3.8, 4) is 5.75 Å². The minimum atomic E-state index is 0.303. The first-order chi connectivity index (χ1) is 9.19. The van der Waals surface area contributed by atoms with E-state index in [0.29, 0.717) is 6.04 Å². The van der Waals surface area contributed by atoms with Crippen molar-refractivity contribution >= 4 is 15.9 Å². The molecule has 19 heavy (non-hydrogen) atoms. The number of ether oxygens (including phenoxy) is 2. The Hall–Kier alpha value is -0.580. The van der Waals surface area contributed by atoms with Gasteiger partial charge in [-0.3, -0.25) is 0 Å². The van der Waals surface area contributed by atoms with Crippen LogP contribution in [0.25, 0.3) is 0 Å². The first kappa shape index (κ1) is 16.5. The van der Waals surface area contributed by atoms with Gasteiger partial charge in [0, 0.05) is 19.2 Å². The molecule has 0 fully saturated rings. The van der Waals surface area contributed by atoms with Crippen molar-refractivity contribution < 1.29 is 9.47 Å². The third-order valence-corrected chi connectivity index (χ3v) is 3.63. The van der Waals surface area contributed by atoms with Gasteiger partial charge < -0.3 is 14.8 Å². The molecular weight excluding hydrogens is 306 g/mol. The Morgan fingerprint density at radius 1 is 1.32 bits per heavy atom. The second-order valence-electron chi connectivity index (χ2n) is 4.54. The van der Waals surface area contributed by atoms with Gasteiger partial charge in [0.15, 0.2) is 0 Å². The third kappa shape index (κ3) is 5.93. The first-order valence-electron chi connectivity index (χ1n) is 6.83. The van der Waals surface area contributed by atoms with E-state index in [4.69, 9.17) is 9.47 Å². The van der Waals surface area contributed by atoms with Crippen LogP contribution in [0, 0.1) is 0 Å². The third-order valence-electron chi connectivity index (χ3n) is 3.02. The van der Waals surface area contributed by atoms with Crippen LogP contribution in [-0.4, -0.2) is 26.9 Å². The molecule has 0 aliphatic carbocycles. The van der Waals surface area contributed by atoms with E-state index in [1.807, 2.05) is 6.07 Å². The van der Waals surface area contributed by atoms with E-state index in [0.717, 1.165) is 36.4 Å². The summed E-state index contributed by atoms with van der Waals surface area (Å²) in [5.41, 5.74) is 1.24. The first-order valence-corrected chi connectivity index (χ1v) is 7.63. The fourth-order valence-electron chi connectivity index (χ4n) is 1.77. The van der Waals surface area contributed by atoms with Gasteiger partial charge in [0.05, 0.1) is 18.2 Å². The second kappa shape index (κ2) is 9.34. The summed E-state index contributed by atoms with van der Waals surface area (Å²) in [6.45, 7) is 6.82. The highest BCUT2D eigenvalue weighted by atomic mass is 79.9. The van der Waals surface area contributed by atoms with E-state index in [-0.39, 0.29) is 0 Å². The van der Waals surface area contributed by atoms with Crippen LogP contribution in [0.5, 0.6) is 5.75 Å². The van der Waals surface area contributed by atoms with Gasteiger partial charge in [-0.1, -0.05) is 19.4 Å². The molecule has 1 aromatic rings. The number of methoxy groups -OCH3 is 1. The van der Waals surface area contributed by atoms with Crippen LogP contribution in [-0.2, 0) is 4.74 Å². The maximum absolute atomic E-state index is 5.53. The maximum Gasteiger partial charge on any atom is 0.133 e. The van der Waals surface area contributed by atoms with Gasteiger partial charge in [-0.25, -0.2) is 0 Å². The van der Waals surface area contributed by atoms with Crippen molar-refractivity contribution in [2.24, 2.45) is 0 Å². The van der Waals surface area contributed by atoms with Crippen molar-refractivity contribution in [3.05, 3.63) is 28.2 Å². The molecule has 0 spiro atoms. The average molecular weight is 330 g/mol. The summed E-state index contributed by atoms with van der Waals surface area (Å²) in [5.74, 6) is 0.860. The summed E-state index contributed by atoms with van der Waals surface area (Å²) in [7, 11) is 1.68. The number of benzene rings is 1. The lowest BCUT2D eigenvalue weighted by Gasteiger charge is -2.15. The Balaban J connectivity index is 2.33. The lowest BCUT2D eigenvalue weighted by atomic mass is 10.1. The monoisotopic (exact) mass is 329 g/mol. The van der Waals surface area contributed by atoms with Crippen molar-refractivity contribution in [2.75, 3.05) is 26.9 Å². The molecule has 4 heteroatoms. The van der Waals surface area contributed by atoms with Crippen LogP contribution in [0.4, 0.5) is 0 Å². The van der Waals surface area contributed by atoms with Crippen molar-refractivity contribution in [1.82, 2.24) is 5.32 Å². The van der Waals surface area contributed by atoms with Gasteiger partial charge >= 0.3 is 0 Å². The van der Waals surface area contributed by atoms with E-state index in [2.05, 4.69) is 47.2 Å². The fraction of sp³-hybridized carbons (Fsp3) is 0.600. The highest BCUT2D eigenvalue weighted by Crippen LogP contribution is 2.27. The Labute approximate surface area is 124 Å². The van der Waals surface area contributed by atoms with Gasteiger partial charge in [0.2, 0.25) is 0 Å². The zero-order valence-electron chi connectivity index (χ0n) is 12.0. The zero-order chi connectivity index (χ0) is 14.1.